The Labute approximate surface area is 66.5 Å². The van der Waals surface area contributed by atoms with E-state index in [0.717, 1.165) is 25.2 Å². The standard InChI is InChI=1S/C7H15NOS/c1-2-4-9-7-6(8)3-5-10-7/h6-7H,2-5,8H2,1H3/t6?,7-/m0/s1. The summed E-state index contributed by atoms with van der Waals surface area (Å²) in [6.45, 7) is 2.97. The fourth-order valence-corrected chi connectivity index (χ4v) is 2.20. The molecule has 60 valence electrons. The lowest BCUT2D eigenvalue weighted by Crippen LogP contribution is -2.29. The van der Waals surface area contributed by atoms with Crippen LogP contribution in [-0.2, 0) is 4.74 Å². The van der Waals surface area contributed by atoms with Crippen LogP contribution in [0.4, 0.5) is 0 Å². The highest BCUT2D eigenvalue weighted by atomic mass is 32.2. The van der Waals surface area contributed by atoms with Gasteiger partial charge >= 0.3 is 0 Å². The van der Waals surface area contributed by atoms with Crippen molar-refractivity contribution in [1.29, 1.82) is 0 Å². The molecule has 0 radical (unpaired) electrons. The summed E-state index contributed by atoms with van der Waals surface area (Å²) in [5.41, 5.74) is 6.05. The average Bonchev–Trinajstić information content (AvgIpc) is 2.31. The van der Waals surface area contributed by atoms with Crippen LogP contribution in [0.2, 0.25) is 0 Å². The number of thioether (sulfide) groups is 1. The molecule has 2 atom stereocenters. The SMILES string of the molecule is CCCO[C@H]1SCCC1N. The zero-order valence-corrected chi connectivity index (χ0v) is 7.19. The number of nitrogens with two attached hydrogens (primary N) is 1. The number of hydrogen-bond acceptors (Lipinski definition) is 3. The average molecular weight is 161 g/mol. The predicted octanol–water partition coefficient (Wildman–Crippen LogP) is 1.20. The van der Waals surface area contributed by atoms with E-state index in [1.165, 1.54) is 0 Å². The normalized spacial score (nSPS) is 33.0. The van der Waals surface area contributed by atoms with E-state index in [-0.39, 0.29) is 11.5 Å². The van der Waals surface area contributed by atoms with Gasteiger partial charge in [-0.1, -0.05) is 6.92 Å². The van der Waals surface area contributed by atoms with Crippen LogP contribution in [0.1, 0.15) is 19.8 Å². The van der Waals surface area contributed by atoms with Gasteiger partial charge in [-0.15, -0.1) is 11.8 Å². The van der Waals surface area contributed by atoms with Gasteiger partial charge in [-0.25, -0.2) is 0 Å². The van der Waals surface area contributed by atoms with E-state index in [9.17, 15) is 0 Å². The maximum absolute atomic E-state index is 5.77. The quantitative estimate of drug-likeness (QED) is 0.675. The molecule has 1 heterocycles. The lowest BCUT2D eigenvalue weighted by Gasteiger charge is -2.14. The van der Waals surface area contributed by atoms with E-state index >= 15 is 0 Å². The molecule has 0 saturated carbocycles. The van der Waals surface area contributed by atoms with Crippen molar-refractivity contribution in [2.45, 2.75) is 31.2 Å². The highest BCUT2D eigenvalue weighted by molar-refractivity contribution is 8.00. The molecule has 0 amide bonds. The van der Waals surface area contributed by atoms with Crippen LogP contribution in [0.5, 0.6) is 0 Å². The third-order valence-corrected chi connectivity index (χ3v) is 2.85. The molecule has 0 aromatic carbocycles. The smallest absolute Gasteiger partial charge is 0.118 e. The van der Waals surface area contributed by atoms with Crippen molar-refractivity contribution in [3.63, 3.8) is 0 Å². The van der Waals surface area contributed by atoms with Crippen LogP contribution in [-0.4, -0.2) is 23.8 Å². The predicted molar refractivity (Wildman–Crippen MR) is 45.1 cm³/mol. The molecule has 2 N–H and O–H groups in total. The molecule has 1 unspecified atom stereocenters. The number of rotatable bonds is 3. The van der Waals surface area contributed by atoms with Gasteiger partial charge in [-0.05, 0) is 18.6 Å². The fourth-order valence-electron chi connectivity index (χ4n) is 0.986. The van der Waals surface area contributed by atoms with Gasteiger partial charge in [-0.2, -0.15) is 0 Å². The lowest BCUT2D eigenvalue weighted by molar-refractivity contribution is 0.100. The zero-order chi connectivity index (χ0) is 7.40. The molecule has 0 spiro atoms. The highest BCUT2D eigenvalue weighted by Gasteiger charge is 2.24. The number of hydrogen-bond donors (Lipinski definition) is 1. The topological polar surface area (TPSA) is 35.2 Å². The molecule has 1 rings (SSSR count). The largest absolute Gasteiger partial charge is 0.366 e. The van der Waals surface area contributed by atoms with Gasteiger partial charge in [0, 0.05) is 12.6 Å². The Morgan fingerprint density at radius 3 is 3.00 bits per heavy atom. The molecule has 1 fully saturated rings. The number of ether oxygens (including phenoxy) is 1. The maximum atomic E-state index is 5.77. The minimum absolute atomic E-state index is 0.275. The Hall–Kier alpha value is 0.270. The van der Waals surface area contributed by atoms with Gasteiger partial charge < -0.3 is 10.5 Å². The first-order chi connectivity index (χ1) is 4.84. The summed E-state index contributed by atoms with van der Waals surface area (Å²) >= 11 is 1.84. The molecule has 1 aliphatic rings. The molecular weight excluding hydrogens is 146 g/mol. The Kier molecular flexibility index (Phi) is 3.52. The summed E-state index contributed by atoms with van der Waals surface area (Å²) in [6.07, 6.45) is 2.20. The Morgan fingerprint density at radius 2 is 2.50 bits per heavy atom. The summed E-state index contributed by atoms with van der Waals surface area (Å²) in [5, 5.41) is 0. The third kappa shape index (κ3) is 2.15. The monoisotopic (exact) mass is 161 g/mol. The Morgan fingerprint density at radius 1 is 1.70 bits per heavy atom. The molecule has 0 aromatic heterocycles. The molecule has 1 aliphatic heterocycles. The van der Waals surface area contributed by atoms with Crippen LogP contribution in [0.15, 0.2) is 0 Å². The van der Waals surface area contributed by atoms with Crippen molar-refractivity contribution in [3.8, 4) is 0 Å². The molecule has 0 aliphatic carbocycles. The molecule has 2 nitrogen and oxygen atoms in total. The second-order valence-electron chi connectivity index (χ2n) is 2.56. The summed E-state index contributed by atoms with van der Waals surface area (Å²) in [7, 11) is 0. The minimum Gasteiger partial charge on any atom is -0.366 e. The third-order valence-electron chi connectivity index (χ3n) is 1.57. The van der Waals surface area contributed by atoms with Gasteiger partial charge in [0.1, 0.15) is 5.44 Å². The summed E-state index contributed by atoms with van der Waals surface area (Å²) in [6, 6.07) is 0.275. The highest BCUT2D eigenvalue weighted by Crippen LogP contribution is 2.26. The van der Waals surface area contributed by atoms with Gasteiger partial charge in [0.05, 0.1) is 0 Å². The molecule has 0 aromatic rings. The van der Waals surface area contributed by atoms with E-state index in [2.05, 4.69) is 6.92 Å². The van der Waals surface area contributed by atoms with Crippen molar-refractivity contribution in [1.82, 2.24) is 0 Å². The van der Waals surface area contributed by atoms with Crippen LogP contribution in [0.25, 0.3) is 0 Å². The van der Waals surface area contributed by atoms with Gasteiger partial charge in [0.25, 0.3) is 0 Å². The first kappa shape index (κ1) is 8.37. The fraction of sp³-hybridized carbons (Fsp3) is 1.00. The van der Waals surface area contributed by atoms with E-state index in [4.69, 9.17) is 10.5 Å². The van der Waals surface area contributed by atoms with Crippen LogP contribution in [0, 0.1) is 0 Å². The van der Waals surface area contributed by atoms with Gasteiger partial charge in [0.15, 0.2) is 0 Å². The molecule has 0 bridgehead atoms. The molecule has 10 heavy (non-hydrogen) atoms. The van der Waals surface area contributed by atoms with E-state index in [1.54, 1.807) is 0 Å². The van der Waals surface area contributed by atoms with Crippen molar-refractivity contribution >= 4 is 11.8 Å². The molecule has 1 saturated heterocycles. The van der Waals surface area contributed by atoms with Crippen molar-refractivity contribution in [3.05, 3.63) is 0 Å². The first-order valence-electron chi connectivity index (χ1n) is 3.83. The van der Waals surface area contributed by atoms with Crippen LogP contribution < -0.4 is 5.73 Å². The van der Waals surface area contributed by atoms with Crippen molar-refractivity contribution < 1.29 is 4.74 Å². The van der Waals surface area contributed by atoms with E-state index in [1.807, 2.05) is 11.8 Å². The van der Waals surface area contributed by atoms with E-state index in [0.29, 0.717) is 0 Å². The van der Waals surface area contributed by atoms with Gasteiger partial charge in [-0.3, -0.25) is 0 Å². The van der Waals surface area contributed by atoms with E-state index < -0.39 is 0 Å². The van der Waals surface area contributed by atoms with Crippen molar-refractivity contribution in [2.75, 3.05) is 12.4 Å². The minimum atomic E-state index is 0.275. The summed E-state index contributed by atoms with van der Waals surface area (Å²) in [4.78, 5) is 0. The summed E-state index contributed by atoms with van der Waals surface area (Å²) in [5.74, 6) is 1.16. The van der Waals surface area contributed by atoms with Gasteiger partial charge in [0.2, 0.25) is 0 Å². The molecule has 3 heteroatoms. The second-order valence-corrected chi connectivity index (χ2v) is 3.77. The zero-order valence-electron chi connectivity index (χ0n) is 6.38. The first-order valence-corrected chi connectivity index (χ1v) is 4.88. The van der Waals surface area contributed by atoms with Crippen molar-refractivity contribution in [2.24, 2.45) is 5.73 Å². The lowest BCUT2D eigenvalue weighted by atomic mass is 10.3. The summed E-state index contributed by atoms with van der Waals surface area (Å²) < 4.78 is 5.50. The second kappa shape index (κ2) is 4.21. The Balaban J connectivity index is 2.14. The van der Waals surface area contributed by atoms with Crippen LogP contribution in [0.3, 0.4) is 0 Å². The maximum Gasteiger partial charge on any atom is 0.118 e. The van der Waals surface area contributed by atoms with Crippen LogP contribution >= 0.6 is 11.8 Å². The molecular formula is C7H15NOS. The Bertz CT molecular complexity index is 99.6.